The Morgan fingerprint density at radius 1 is 0.750 bits per heavy atom. The number of carboxylic acid groups (broad SMARTS) is 1. The first-order valence-electron chi connectivity index (χ1n) is 16.6. The summed E-state index contributed by atoms with van der Waals surface area (Å²) in [4.78, 5) is 10.5. The third-order valence-electron chi connectivity index (χ3n) is 7.81. The maximum absolute atomic E-state index is 10.5. The zero-order chi connectivity index (χ0) is 29.1. The molecule has 3 unspecified atom stereocenters. The van der Waals surface area contributed by atoms with Crippen molar-refractivity contribution in [1.29, 1.82) is 0 Å². The Hall–Kier alpha value is -1.04. The van der Waals surface area contributed by atoms with E-state index in [9.17, 15) is 9.90 Å². The molecule has 0 saturated heterocycles. The highest BCUT2D eigenvalue weighted by Crippen LogP contribution is 2.18. The molecule has 0 bridgehead atoms. The van der Waals surface area contributed by atoms with Crippen LogP contribution in [0.2, 0.25) is 0 Å². The molecule has 0 radical (unpaired) electrons. The van der Waals surface area contributed by atoms with Gasteiger partial charge in [0.05, 0.1) is 31.7 Å². The molecular formula is C35H62O4S. The van der Waals surface area contributed by atoms with Gasteiger partial charge in [-0.15, -0.1) is 0 Å². The molecule has 0 N–H and O–H groups in total. The monoisotopic (exact) mass is 578 g/mol. The van der Waals surface area contributed by atoms with E-state index in [1.165, 1.54) is 101 Å². The molecule has 0 saturated carbocycles. The lowest BCUT2D eigenvalue weighted by atomic mass is 10.0. The number of rotatable bonds is 29. The van der Waals surface area contributed by atoms with Gasteiger partial charge in [0, 0.05) is 12.4 Å². The number of ether oxygens (including phenoxy) is 2. The standard InChI is InChI=1S/C35H62O4S/c1-4-5-6-7-8-9-10-11-12-13-14-15-20-26-34(32(2)39-31-33-24-18-16-19-25-33)38-28-23-30-40(3)29-22-17-21-27-35(36)37/h16,18-19,24-25,32,34H,4-15,17,20-23,26-31H2,1-3H3. The average Bonchev–Trinajstić information content (AvgIpc) is 2.95. The predicted molar refractivity (Wildman–Crippen MR) is 172 cm³/mol. The van der Waals surface area contributed by atoms with Gasteiger partial charge in [-0.3, -0.25) is 0 Å². The van der Waals surface area contributed by atoms with Gasteiger partial charge in [-0.1, -0.05) is 121 Å². The molecule has 232 valence electrons. The van der Waals surface area contributed by atoms with E-state index in [1.807, 2.05) is 6.07 Å². The fourth-order valence-electron chi connectivity index (χ4n) is 5.16. The predicted octanol–water partition coefficient (Wildman–Crippen LogP) is 8.41. The molecule has 0 spiro atoms. The Bertz CT molecular complexity index is 683. The minimum absolute atomic E-state index is 0.0844. The zero-order valence-electron chi connectivity index (χ0n) is 26.3. The van der Waals surface area contributed by atoms with Crippen LogP contribution < -0.4 is 5.11 Å². The largest absolute Gasteiger partial charge is 0.550 e. The van der Waals surface area contributed by atoms with Crippen LogP contribution in [0.1, 0.15) is 141 Å². The summed E-state index contributed by atoms with van der Waals surface area (Å²) >= 11 is 0. The number of unbranched alkanes of at least 4 members (excludes halogenated alkanes) is 14. The van der Waals surface area contributed by atoms with Crippen LogP contribution in [-0.4, -0.2) is 42.5 Å². The van der Waals surface area contributed by atoms with Gasteiger partial charge in [-0.05, 0) is 55.5 Å². The molecule has 1 rings (SSSR count). The Kier molecular flexibility index (Phi) is 24.8. The lowest BCUT2D eigenvalue weighted by Gasteiger charge is -2.25. The van der Waals surface area contributed by atoms with Crippen molar-refractivity contribution < 1.29 is 19.4 Å². The second kappa shape index (κ2) is 26.8. The smallest absolute Gasteiger partial charge is 0.110 e. The molecule has 0 aromatic heterocycles. The van der Waals surface area contributed by atoms with Crippen molar-refractivity contribution >= 4 is 16.9 Å². The number of hydrogen-bond acceptors (Lipinski definition) is 4. The summed E-state index contributed by atoms with van der Waals surface area (Å²) in [5.41, 5.74) is 1.21. The van der Waals surface area contributed by atoms with Crippen LogP contribution in [0, 0.1) is 0 Å². The lowest BCUT2D eigenvalue weighted by Crippen LogP contribution is -2.30. The third-order valence-corrected chi connectivity index (χ3v) is 9.79. The third kappa shape index (κ3) is 22.6. The summed E-state index contributed by atoms with van der Waals surface area (Å²) in [6.07, 6.45) is 25.6. The minimum Gasteiger partial charge on any atom is -0.550 e. The fourth-order valence-corrected chi connectivity index (χ4v) is 6.67. The van der Waals surface area contributed by atoms with Gasteiger partial charge in [-0.25, -0.2) is 0 Å². The van der Waals surface area contributed by atoms with E-state index in [4.69, 9.17) is 9.47 Å². The van der Waals surface area contributed by atoms with Gasteiger partial charge < -0.3 is 19.4 Å². The van der Waals surface area contributed by atoms with Gasteiger partial charge in [0.1, 0.15) is 11.5 Å². The maximum Gasteiger partial charge on any atom is 0.110 e. The summed E-state index contributed by atoms with van der Waals surface area (Å²) in [5.74, 6) is 1.44. The van der Waals surface area contributed by atoms with Crippen LogP contribution in [0.4, 0.5) is 0 Å². The van der Waals surface area contributed by atoms with Crippen molar-refractivity contribution in [2.75, 3.05) is 24.4 Å². The Morgan fingerprint density at radius 2 is 1.30 bits per heavy atom. The molecule has 0 amide bonds. The quantitative estimate of drug-likeness (QED) is 0.0707. The van der Waals surface area contributed by atoms with Gasteiger partial charge in [-0.2, -0.15) is 0 Å². The van der Waals surface area contributed by atoms with Crippen molar-refractivity contribution in [1.82, 2.24) is 0 Å². The van der Waals surface area contributed by atoms with Gasteiger partial charge in [0.25, 0.3) is 0 Å². The van der Waals surface area contributed by atoms with E-state index < -0.39 is 5.97 Å². The van der Waals surface area contributed by atoms with Crippen molar-refractivity contribution in [2.24, 2.45) is 0 Å². The molecule has 1 aromatic carbocycles. The van der Waals surface area contributed by atoms with E-state index in [1.54, 1.807) is 0 Å². The van der Waals surface area contributed by atoms with Crippen LogP contribution in [-0.2, 0) is 31.8 Å². The van der Waals surface area contributed by atoms with Crippen molar-refractivity contribution in [3.8, 4) is 0 Å². The molecule has 0 fully saturated rings. The molecular weight excluding hydrogens is 516 g/mol. The van der Waals surface area contributed by atoms with Crippen molar-refractivity contribution in [3.63, 3.8) is 0 Å². The molecule has 40 heavy (non-hydrogen) atoms. The summed E-state index contributed by atoms with van der Waals surface area (Å²) in [5, 5.41) is 10.5. The minimum atomic E-state index is -0.928. The second-order valence-corrected chi connectivity index (χ2v) is 14.0. The number of benzene rings is 1. The first-order valence-corrected chi connectivity index (χ1v) is 18.6. The first-order chi connectivity index (χ1) is 19.5. The molecule has 0 aliphatic heterocycles. The molecule has 0 aliphatic rings. The second-order valence-electron chi connectivity index (χ2n) is 11.7. The summed E-state index contributed by atoms with van der Waals surface area (Å²) < 4.78 is 12.7. The number of carbonyl (C=O) groups is 1. The van der Waals surface area contributed by atoms with Crippen molar-refractivity contribution in [3.05, 3.63) is 35.9 Å². The van der Waals surface area contributed by atoms with E-state index >= 15 is 0 Å². The van der Waals surface area contributed by atoms with Crippen molar-refractivity contribution in [2.45, 2.75) is 155 Å². The van der Waals surface area contributed by atoms with Crippen LogP contribution in [0.15, 0.2) is 30.3 Å². The van der Waals surface area contributed by atoms with E-state index in [2.05, 4.69) is 44.4 Å². The maximum atomic E-state index is 10.5. The summed E-state index contributed by atoms with van der Waals surface area (Å²) in [6.45, 7) is 5.89. The highest BCUT2D eigenvalue weighted by molar-refractivity contribution is 7.96. The highest BCUT2D eigenvalue weighted by atomic mass is 32.2. The number of aliphatic carboxylic acids is 1. The molecule has 5 heteroatoms. The topological polar surface area (TPSA) is 58.6 Å². The normalized spacial score (nSPS) is 13.8. The van der Waals surface area contributed by atoms with Crippen LogP contribution in [0.5, 0.6) is 0 Å². The summed E-state index contributed by atoms with van der Waals surface area (Å²) in [7, 11) is 0.373. The molecule has 1 aromatic rings. The number of carbonyl (C=O) groups excluding carboxylic acids is 1. The van der Waals surface area contributed by atoms with Gasteiger partial charge in [0.2, 0.25) is 0 Å². The molecule has 3 atom stereocenters. The van der Waals surface area contributed by atoms with Gasteiger partial charge >= 0.3 is 0 Å². The zero-order valence-corrected chi connectivity index (χ0v) is 27.2. The Balaban J connectivity index is 2.24. The number of carboxylic acids is 1. The van der Waals surface area contributed by atoms with Crippen LogP contribution in [0.25, 0.3) is 0 Å². The number of hydrogen-bond donors (Lipinski definition) is 0. The first kappa shape index (κ1) is 37.0. The lowest BCUT2D eigenvalue weighted by molar-refractivity contribution is -0.305. The summed E-state index contributed by atoms with van der Waals surface area (Å²) in [6, 6.07) is 10.4. The average molecular weight is 579 g/mol. The Labute approximate surface area is 250 Å². The molecule has 0 heterocycles. The van der Waals surface area contributed by atoms with E-state index in [0.29, 0.717) is 17.5 Å². The Morgan fingerprint density at radius 3 is 1.90 bits per heavy atom. The van der Waals surface area contributed by atoms with E-state index in [-0.39, 0.29) is 18.6 Å². The molecule has 0 aliphatic carbocycles. The fraction of sp³-hybridized carbons (Fsp3) is 0.800. The molecule has 4 nitrogen and oxygen atoms in total. The van der Waals surface area contributed by atoms with E-state index in [0.717, 1.165) is 38.7 Å². The van der Waals surface area contributed by atoms with Gasteiger partial charge in [0.15, 0.2) is 0 Å². The van der Waals surface area contributed by atoms with Crippen LogP contribution >= 0.6 is 0 Å². The highest BCUT2D eigenvalue weighted by Gasteiger charge is 2.19. The van der Waals surface area contributed by atoms with Crippen LogP contribution in [0.3, 0.4) is 0 Å². The SMILES string of the molecule is CCCCCCCCCCCCCCCC(OCCC[S+](C)CCCCCC(=O)[O-])C(C)OCc1ccccc1.